The van der Waals surface area contributed by atoms with E-state index in [4.69, 9.17) is 9.47 Å². The minimum atomic E-state index is -0.325. The third-order valence-corrected chi connectivity index (χ3v) is 5.37. The van der Waals surface area contributed by atoms with Gasteiger partial charge in [0.15, 0.2) is 5.82 Å². The summed E-state index contributed by atoms with van der Waals surface area (Å²) in [4.78, 5) is 0. The lowest BCUT2D eigenvalue weighted by atomic mass is 9.80. The Bertz CT molecular complexity index is 917. The number of tetrazole rings is 1. The smallest absolute Gasteiger partial charge is 0.181 e. The molecule has 0 saturated heterocycles. The van der Waals surface area contributed by atoms with Crippen LogP contribution >= 0.6 is 0 Å². The van der Waals surface area contributed by atoms with Crippen molar-refractivity contribution in [3.63, 3.8) is 0 Å². The van der Waals surface area contributed by atoms with Gasteiger partial charge in [-0.15, -0.1) is 5.10 Å². The van der Waals surface area contributed by atoms with Crippen molar-refractivity contribution in [1.29, 1.82) is 0 Å². The summed E-state index contributed by atoms with van der Waals surface area (Å²) in [5.74, 6) is 2.46. The lowest BCUT2D eigenvalue weighted by molar-refractivity contribution is 0.309. The lowest BCUT2D eigenvalue weighted by Crippen LogP contribution is -2.40. The van der Waals surface area contributed by atoms with Crippen LogP contribution in [-0.2, 0) is 5.54 Å². The normalized spacial score (nSPS) is 15.8. The third-order valence-electron chi connectivity index (χ3n) is 5.37. The zero-order valence-electron chi connectivity index (χ0n) is 16.3. The molecule has 0 unspecified atom stereocenters. The fourth-order valence-corrected chi connectivity index (χ4v) is 3.92. The fourth-order valence-electron chi connectivity index (χ4n) is 3.92. The molecule has 2 aromatic carbocycles. The van der Waals surface area contributed by atoms with Crippen LogP contribution < -0.4 is 14.8 Å². The van der Waals surface area contributed by atoms with Gasteiger partial charge >= 0.3 is 0 Å². The van der Waals surface area contributed by atoms with E-state index in [1.165, 1.54) is 6.42 Å². The molecule has 1 heterocycles. The topological polar surface area (TPSA) is 74.1 Å². The zero-order valence-corrected chi connectivity index (χ0v) is 16.3. The summed E-state index contributed by atoms with van der Waals surface area (Å²) >= 11 is 0. The highest BCUT2D eigenvalue weighted by atomic mass is 16.5. The summed E-state index contributed by atoms with van der Waals surface area (Å²) in [7, 11) is 3.34. The SMILES string of the molecule is COc1ccc(-n2nnnc2C2(Nc3cccc(OC)c3)CCCCC2)cc1. The van der Waals surface area contributed by atoms with Gasteiger partial charge in [-0.3, -0.25) is 0 Å². The summed E-state index contributed by atoms with van der Waals surface area (Å²) in [6.07, 6.45) is 5.44. The molecule has 0 atom stereocenters. The van der Waals surface area contributed by atoms with Crippen molar-refractivity contribution in [3.8, 4) is 17.2 Å². The van der Waals surface area contributed by atoms with E-state index in [0.29, 0.717) is 0 Å². The van der Waals surface area contributed by atoms with Crippen molar-refractivity contribution in [2.45, 2.75) is 37.6 Å². The van der Waals surface area contributed by atoms with Gasteiger partial charge in [0.05, 0.1) is 25.4 Å². The molecule has 1 aliphatic rings. The first-order valence-corrected chi connectivity index (χ1v) is 9.60. The predicted octanol–water partition coefficient (Wildman–Crippen LogP) is 3.95. The van der Waals surface area contributed by atoms with E-state index in [9.17, 15) is 0 Å². The number of nitrogens with one attached hydrogen (secondary N) is 1. The Morgan fingerprint density at radius 3 is 2.39 bits per heavy atom. The highest BCUT2D eigenvalue weighted by Crippen LogP contribution is 2.40. The maximum absolute atomic E-state index is 5.39. The van der Waals surface area contributed by atoms with Crippen LogP contribution in [0.5, 0.6) is 11.5 Å². The van der Waals surface area contributed by atoms with Gasteiger partial charge in [0.1, 0.15) is 11.5 Å². The Morgan fingerprint density at radius 2 is 1.68 bits per heavy atom. The van der Waals surface area contributed by atoms with E-state index in [1.807, 2.05) is 47.1 Å². The highest BCUT2D eigenvalue weighted by molar-refractivity contribution is 5.51. The maximum atomic E-state index is 5.39. The van der Waals surface area contributed by atoms with Gasteiger partial charge in [0, 0.05) is 11.8 Å². The average Bonchev–Trinajstić information content (AvgIpc) is 3.25. The molecule has 146 valence electrons. The first-order chi connectivity index (χ1) is 13.7. The summed E-state index contributed by atoms with van der Waals surface area (Å²) in [6, 6.07) is 15.8. The molecule has 7 nitrogen and oxygen atoms in total. The van der Waals surface area contributed by atoms with Crippen molar-refractivity contribution in [2.75, 3.05) is 19.5 Å². The van der Waals surface area contributed by atoms with Gasteiger partial charge in [0.25, 0.3) is 0 Å². The summed E-state index contributed by atoms with van der Waals surface area (Å²) in [5, 5.41) is 16.5. The number of aromatic nitrogens is 4. The molecule has 1 aromatic heterocycles. The lowest BCUT2D eigenvalue weighted by Gasteiger charge is -2.37. The summed E-state index contributed by atoms with van der Waals surface area (Å²) in [5.41, 5.74) is 1.59. The molecular weight excluding hydrogens is 354 g/mol. The molecule has 1 N–H and O–H groups in total. The van der Waals surface area contributed by atoms with Gasteiger partial charge in [-0.05, 0) is 59.7 Å². The van der Waals surface area contributed by atoms with Gasteiger partial charge < -0.3 is 14.8 Å². The molecule has 0 radical (unpaired) electrons. The van der Waals surface area contributed by atoms with Crippen LogP contribution in [0.4, 0.5) is 5.69 Å². The molecule has 0 amide bonds. The first-order valence-electron chi connectivity index (χ1n) is 9.60. The van der Waals surface area contributed by atoms with Crippen LogP contribution in [-0.4, -0.2) is 34.4 Å². The second-order valence-corrected chi connectivity index (χ2v) is 7.11. The van der Waals surface area contributed by atoms with E-state index in [2.05, 4.69) is 26.9 Å². The monoisotopic (exact) mass is 379 g/mol. The number of rotatable bonds is 6. The van der Waals surface area contributed by atoms with Gasteiger partial charge in [0.2, 0.25) is 0 Å². The Hall–Kier alpha value is -3.09. The molecule has 0 bridgehead atoms. The number of anilines is 1. The number of hydrogen-bond donors (Lipinski definition) is 1. The Kier molecular flexibility index (Phi) is 5.14. The molecular formula is C21H25N5O2. The van der Waals surface area contributed by atoms with Crippen LogP contribution in [0.2, 0.25) is 0 Å². The minimum absolute atomic E-state index is 0.325. The van der Waals surface area contributed by atoms with Crippen LogP contribution in [0.25, 0.3) is 5.69 Å². The number of hydrogen-bond acceptors (Lipinski definition) is 6. The molecule has 0 spiro atoms. The largest absolute Gasteiger partial charge is 0.497 e. The molecule has 1 fully saturated rings. The van der Waals surface area contributed by atoms with Gasteiger partial charge in [-0.2, -0.15) is 4.68 Å². The zero-order chi connectivity index (χ0) is 19.4. The van der Waals surface area contributed by atoms with Crippen molar-refractivity contribution < 1.29 is 9.47 Å². The predicted molar refractivity (Wildman–Crippen MR) is 107 cm³/mol. The van der Waals surface area contributed by atoms with Crippen LogP contribution in [0, 0.1) is 0 Å². The van der Waals surface area contributed by atoms with E-state index in [0.717, 1.165) is 54.4 Å². The number of ether oxygens (including phenoxy) is 2. The molecule has 28 heavy (non-hydrogen) atoms. The molecule has 3 aromatic rings. The summed E-state index contributed by atoms with van der Waals surface area (Å²) < 4.78 is 12.5. The average molecular weight is 379 g/mol. The van der Waals surface area contributed by atoms with Crippen molar-refractivity contribution >= 4 is 5.69 Å². The second-order valence-electron chi connectivity index (χ2n) is 7.11. The number of methoxy groups -OCH3 is 2. The molecule has 1 saturated carbocycles. The maximum Gasteiger partial charge on any atom is 0.181 e. The highest BCUT2D eigenvalue weighted by Gasteiger charge is 2.39. The second kappa shape index (κ2) is 7.88. The van der Waals surface area contributed by atoms with Gasteiger partial charge in [-0.1, -0.05) is 25.3 Å². The number of benzene rings is 2. The third kappa shape index (κ3) is 3.52. The standard InChI is InChI=1S/C21H25N5O2/c1-27-18-11-9-17(10-12-18)26-20(23-24-25-26)21(13-4-3-5-14-21)22-16-7-6-8-19(15-16)28-2/h6-12,15,22H,3-5,13-14H2,1-2H3. The Balaban J connectivity index is 1.73. The first kappa shape index (κ1) is 18.3. The Morgan fingerprint density at radius 1 is 0.929 bits per heavy atom. The molecule has 0 aliphatic heterocycles. The molecule has 1 aliphatic carbocycles. The van der Waals surface area contributed by atoms with Gasteiger partial charge in [-0.25, -0.2) is 0 Å². The Labute approximate surface area is 164 Å². The van der Waals surface area contributed by atoms with E-state index < -0.39 is 0 Å². The van der Waals surface area contributed by atoms with E-state index >= 15 is 0 Å². The molecule has 7 heteroatoms. The van der Waals surface area contributed by atoms with E-state index in [-0.39, 0.29) is 5.54 Å². The molecule has 4 rings (SSSR count). The van der Waals surface area contributed by atoms with Crippen molar-refractivity contribution in [1.82, 2.24) is 20.2 Å². The quantitative estimate of drug-likeness (QED) is 0.699. The minimum Gasteiger partial charge on any atom is -0.497 e. The van der Waals surface area contributed by atoms with Crippen LogP contribution in [0.3, 0.4) is 0 Å². The summed E-state index contributed by atoms with van der Waals surface area (Å²) in [6.45, 7) is 0. The van der Waals surface area contributed by atoms with Crippen molar-refractivity contribution in [3.05, 3.63) is 54.4 Å². The van der Waals surface area contributed by atoms with Crippen molar-refractivity contribution in [2.24, 2.45) is 0 Å². The van der Waals surface area contributed by atoms with E-state index in [1.54, 1.807) is 14.2 Å². The van der Waals surface area contributed by atoms with Crippen LogP contribution in [0.15, 0.2) is 48.5 Å². The van der Waals surface area contributed by atoms with Crippen LogP contribution in [0.1, 0.15) is 37.9 Å². The number of nitrogens with zero attached hydrogens (tertiary/aromatic N) is 4. The fraction of sp³-hybridized carbons (Fsp3) is 0.381.